The summed E-state index contributed by atoms with van der Waals surface area (Å²) in [5.41, 5.74) is 1.11. The van der Waals surface area contributed by atoms with E-state index in [9.17, 15) is 24.0 Å². The Morgan fingerprint density at radius 1 is 0.939 bits per heavy atom. The van der Waals surface area contributed by atoms with Crippen LogP contribution in [0.3, 0.4) is 0 Å². The second-order valence-corrected chi connectivity index (χ2v) is 7.50. The average Bonchev–Trinajstić information content (AvgIpc) is 3.07. The molecule has 0 aromatic heterocycles. The van der Waals surface area contributed by atoms with Crippen molar-refractivity contribution in [1.29, 1.82) is 0 Å². The summed E-state index contributed by atoms with van der Waals surface area (Å²) in [6.07, 6.45) is 1.66. The number of carbonyl (C=O) groups is 5. The zero-order valence-corrected chi connectivity index (χ0v) is 18.2. The summed E-state index contributed by atoms with van der Waals surface area (Å²) in [4.78, 5) is 63.3. The molecule has 0 unspecified atom stereocenters. The number of hydrogen-bond acceptors (Lipinski definition) is 6. The maximum Gasteiger partial charge on any atom is 0.330 e. The van der Waals surface area contributed by atoms with Crippen LogP contribution in [0.2, 0.25) is 0 Å². The highest BCUT2D eigenvalue weighted by Crippen LogP contribution is 2.26. The summed E-state index contributed by atoms with van der Waals surface area (Å²) >= 11 is 0. The molecule has 3 rings (SSSR count). The maximum atomic E-state index is 12.9. The molecule has 9 nitrogen and oxygen atoms in total. The summed E-state index contributed by atoms with van der Waals surface area (Å²) < 4.78 is 5.10. The fourth-order valence-electron chi connectivity index (χ4n) is 3.43. The highest BCUT2D eigenvalue weighted by atomic mass is 16.5. The number of rotatable bonds is 9. The predicted octanol–water partition coefficient (Wildman–Crippen LogP) is 2.06. The molecule has 33 heavy (non-hydrogen) atoms. The lowest BCUT2D eigenvalue weighted by molar-refractivity contribution is -0.152. The van der Waals surface area contributed by atoms with Crippen molar-refractivity contribution in [2.75, 3.05) is 13.2 Å². The Balaban J connectivity index is 1.70. The van der Waals surface area contributed by atoms with Gasteiger partial charge in [-0.1, -0.05) is 55.8 Å². The summed E-state index contributed by atoms with van der Waals surface area (Å²) in [6.45, 7) is 1.65. The Kier molecular flexibility index (Phi) is 7.91. The molecule has 0 saturated carbocycles. The molecule has 1 atom stereocenters. The number of nitrogens with zero attached hydrogens (tertiary/aromatic N) is 1. The molecule has 0 radical (unpaired) electrons. The van der Waals surface area contributed by atoms with Gasteiger partial charge in [0.25, 0.3) is 17.7 Å². The lowest BCUT2D eigenvalue weighted by Crippen LogP contribution is -2.48. The molecule has 9 heteroatoms. The zero-order valence-electron chi connectivity index (χ0n) is 18.2. The molecule has 0 bridgehead atoms. The van der Waals surface area contributed by atoms with Crippen molar-refractivity contribution in [3.8, 4) is 0 Å². The molecule has 5 amide bonds. The number of hydrogen-bond donors (Lipinski definition) is 2. The smallest absolute Gasteiger partial charge is 0.330 e. The fourth-order valence-corrected chi connectivity index (χ4v) is 3.43. The zero-order chi connectivity index (χ0) is 23.8. The number of amides is 5. The molecular weight excluding hydrogens is 426 g/mol. The second kappa shape index (κ2) is 11.0. The standard InChI is InChI=1S/C24H25N3O6/c1-2-3-13-25-24(32)26-20(28)15-33-23(31)19(14-16-9-5-4-6-10-16)27-21(29)17-11-7-8-12-18(17)22(27)30/h4-12,19H,2-3,13-15H2,1H3,(H2,25,26,28,32)/t19-/m0/s1. The van der Waals surface area contributed by atoms with E-state index in [1.807, 2.05) is 6.92 Å². The number of fused-ring (bicyclic) bond motifs is 1. The molecule has 2 N–H and O–H groups in total. The highest BCUT2D eigenvalue weighted by molar-refractivity contribution is 6.22. The molecule has 1 heterocycles. The van der Waals surface area contributed by atoms with Crippen molar-refractivity contribution in [2.24, 2.45) is 0 Å². The highest BCUT2D eigenvalue weighted by Gasteiger charge is 2.43. The van der Waals surface area contributed by atoms with Crippen molar-refractivity contribution in [3.05, 3.63) is 71.3 Å². The van der Waals surface area contributed by atoms with Gasteiger partial charge in [0.15, 0.2) is 6.61 Å². The number of benzene rings is 2. The third kappa shape index (κ3) is 5.82. The van der Waals surface area contributed by atoms with Crippen molar-refractivity contribution in [3.63, 3.8) is 0 Å². The first-order valence-electron chi connectivity index (χ1n) is 10.7. The van der Waals surface area contributed by atoms with Crippen LogP contribution in [0.1, 0.15) is 46.0 Å². The van der Waals surface area contributed by atoms with Gasteiger partial charge in [0.2, 0.25) is 0 Å². The minimum atomic E-state index is -1.27. The van der Waals surface area contributed by atoms with Gasteiger partial charge in [0, 0.05) is 13.0 Å². The van der Waals surface area contributed by atoms with E-state index in [-0.39, 0.29) is 17.5 Å². The van der Waals surface area contributed by atoms with E-state index in [0.29, 0.717) is 12.1 Å². The maximum absolute atomic E-state index is 12.9. The van der Waals surface area contributed by atoms with Crippen LogP contribution >= 0.6 is 0 Å². The van der Waals surface area contributed by atoms with E-state index in [4.69, 9.17) is 4.74 Å². The Morgan fingerprint density at radius 3 is 2.15 bits per heavy atom. The van der Waals surface area contributed by atoms with Crippen LogP contribution in [0.25, 0.3) is 0 Å². The topological polar surface area (TPSA) is 122 Å². The first-order chi connectivity index (χ1) is 15.9. The Labute approximate surface area is 191 Å². The van der Waals surface area contributed by atoms with E-state index >= 15 is 0 Å². The number of unbranched alkanes of at least 4 members (excludes halogenated alkanes) is 1. The van der Waals surface area contributed by atoms with Gasteiger partial charge in [-0.3, -0.25) is 24.6 Å². The number of ether oxygens (including phenoxy) is 1. The third-order valence-electron chi connectivity index (χ3n) is 5.10. The van der Waals surface area contributed by atoms with Crippen LogP contribution in [-0.4, -0.2) is 53.8 Å². The number of imide groups is 2. The Bertz CT molecular complexity index is 1020. The molecular formula is C24H25N3O6. The van der Waals surface area contributed by atoms with E-state index < -0.39 is 42.4 Å². The summed E-state index contributed by atoms with van der Waals surface area (Å²) in [7, 11) is 0. The number of esters is 1. The van der Waals surface area contributed by atoms with Crippen molar-refractivity contribution in [2.45, 2.75) is 32.2 Å². The van der Waals surface area contributed by atoms with Crippen molar-refractivity contribution >= 4 is 29.7 Å². The van der Waals surface area contributed by atoms with E-state index in [1.54, 1.807) is 42.5 Å². The average molecular weight is 451 g/mol. The summed E-state index contributed by atoms with van der Waals surface area (Å²) in [5.74, 6) is -2.95. The van der Waals surface area contributed by atoms with Crippen molar-refractivity contribution in [1.82, 2.24) is 15.5 Å². The van der Waals surface area contributed by atoms with Crippen LogP contribution in [0.5, 0.6) is 0 Å². The van der Waals surface area contributed by atoms with Gasteiger partial charge < -0.3 is 10.1 Å². The number of urea groups is 1. The van der Waals surface area contributed by atoms with Crippen molar-refractivity contribution < 1.29 is 28.7 Å². The van der Waals surface area contributed by atoms with Gasteiger partial charge in [-0.25, -0.2) is 9.59 Å². The molecule has 0 fully saturated rings. The van der Waals surface area contributed by atoms with Crippen LogP contribution in [0, 0.1) is 0 Å². The first kappa shape index (κ1) is 23.6. The summed E-state index contributed by atoms with van der Waals surface area (Å²) in [5, 5.41) is 4.59. The Morgan fingerprint density at radius 2 is 1.55 bits per heavy atom. The second-order valence-electron chi connectivity index (χ2n) is 7.50. The molecule has 172 valence electrons. The molecule has 1 aliphatic rings. The number of nitrogens with one attached hydrogen (secondary N) is 2. The lowest BCUT2D eigenvalue weighted by Gasteiger charge is -2.24. The molecule has 0 saturated heterocycles. The van der Waals surface area contributed by atoms with Crippen LogP contribution < -0.4 is 10.6 Å². The minimum Gasteiger partial charge on any atom is -0.454 e. The minimum absolute atomic E-state index is 0.0181. The van der Waals surface area contributed by atoms with Crippen LogP contribution in [0.15, 0.2) is 54.6 Å². The SMILES string of the molecule is CCCCNC(=O)NC(=O)COC(=O)[C@H](Cc1ccccc1)N1C(=O)c2ccccc2C1=O. The Hall–Kier alpha value is -4.01. The van der Waals surface area contributed by atoms with Gasteiger partial charge in [0.05, 0.1) is 11.1 Å². The van der Waals surface area contributed by atoms with Gasteiger partial charge in [0.1, 0.15) is 6.04 Å². The van der Waals surface area contributed by atoms with Crippen LogP contribution in [-0.2, 0) is 20.7 Å². The summed E-state index contributed by atoms with van der Waals surface area (Å²) in [6, 6.07) is 13.2. The largest absolute Gasteiger partial charge is 0.454 e. The van der Waals surface area contributed by atoms with Gasteiger partial charge in [-0.2, -0.15) is 0 Å². The molecule has 2 aromatic rings. The normalized spacial score (nSPS) is 13.3. The van der Waals surface area contributed by atoms with E-state index in [2.05, 4.69) is 10.6 Å². The lowest BCUT2D eigenvalue weighted by atomic mass is 10.0. The molecule has 2 aromatic carbocycles. The molecule has 0 spiro atoms. The van der Waals surface area contributed by atoms with E-state index in [1.165, 1.54) is 12.1 Å². The van der Waals surface area contributed by atoms with Crippen LogP contribution in [0.4, 0.5) is 4.79 Å². The quantitative estimate of drug-likeness (QED) is 0.342. The van der Waals surface area contributed by atoms with Gasteiger partial charge in [-0.05, 0) is 24.1 Å². The number of carbonyl (C=O) groups excluding carboxylic acids is 5. The van der Waals surface area contributed by atoms with Gasteiger partial charge >= 0.3 is 12.0 Å². The first-order valence-corrected chi connectivity index (χ1v) is 10.7. The van der Waals surface area contributed by atoms with Gasteiger partial charge in [-0.15, -0.1) is 0 Å². The predicted molar refractivity (Wildman–Crippen MR) is 118 cm³/mol. The molecule has 1 aliphatic heterocycles. The monoisotopic (exact) mass is 451 g/mol. The fraction of sp³-hybridized carbons (Fsp3) is 0.292. The third-order valence-corrected chi connectivity index (χ3v) is 5.10. The van der Waals surface area contributed by atoms with E-state index in [0.717, 1.165) is 17.7 Å². The molecule has 0 aliphatic carbocycles.